The van der Waals surface area contributed by atoms with Crippen LogP contribution in [0.5, 0.6) is 5.75 Å². The molecule has 0 unspecified atom stereocenters. The highest BCUT2D eigenvalue weighted by atomic mass is 32.2. The molecule has 5 heteroatoms. The van der Waals surface area contributed by atoms with Crippen molar-refractivity contribution in [3.8, 4) is 5.75 Å². The highest BCUT2D eigenvalue weighted by molar-refractivity contribution is 7.99. The maximum atomic E-state index is 10.0. The van der Waals surface area contributed by atoms with Crippen LogP contribution in [0.1, 0.15) is 16.8 Å². The zero-order chi connectivity index (χ0) is 12.3. The molecule has 1 fully saturated rings. The Balaban J connectivity index is 2.20. The van der Waals surface area contributed by atoms with E-state index in [0.29, 0.717) is 12.2 Å². The van der Waals surface area contributed by atoms with Crippen molar-refractivity contribution >= 4 is 11.8 Å². The predicted octanol–water partition coefficient (Wildman–Crippen LogP) is 1.14. The molecule has 4 nitrogen and oxygen atoms in total. The van der Waals surface area contributed by atoms with Crippen molar-refractivity contribution < 1.29 is 10.2 Å². The maximum Gasteiger partial charge on any atom is 0.141 e. The summed E-state index contributed by atoms with van der Waals surface area (Å²) in [6.07, 6.45) is 1.66. The first-order valence-electron chi connectivity index (χ1n) is 5.79. The third-order valence-corrected chi connectivity index (χ3v) is 4.03. The largest absolute Gasteiger partial charge is 0.506 e. The van der Waals surface area contributed by atoms with Crippen LogP contribution in [0.25, 0.3) is 0 Å². The molecular weight excluding hydrogens is 236 g/mol. The summed E-state index contributed by atoms with van der Waals surface area (Å²) in [7, 11) is 0. The summed E-state index contributed by atoms with van der Waals surface area (Å²) in [5.41, 5.74) is 2.18. The van der Waals surface area contributed by atoms with Gasteiger partial charge in [-0.25, -0.2) is 0 Å². The van der Waals surface area contributed by atoms with Gasteiger partial charge in [-0.2, -0.15) is 11.8 Å². The quantitative estimate of drug-likeness (QED) is 0.847. The fraction of sp³-hybridized carbons (Fsp3) is 0.583. The molecule has 1 saturated heterocycles. The van der Waals surface area contributed by atoms with Gasteiger partial charge in [-0.1, -0.05) is 0 Å². The second-order valence-electron chi connectivity index (χ2n) is 4.24. The fourth-order valence-corrected chi connectivity index (χ4v) is 2.96. The highest BCUT2D eigenvalue weighted by Crippen LogP contribution is 2.26. The molecular formula is C12H18N2O2S. The molecule has 0 spiro atoms. The van der Waals surface area contributed by atoms with Crippen molar-refractivity contribution in [3.05, 3.63) is 23.0 Å². The number of rotatable bonds is 3. The van der Waals surface area contributed by atoms with Crippen molar-refractivity contribution in [2.75, 3.05) is 24.6 Å². The van der Waals surface area contributed by atoms with Gasteiger partial charge < -0.3 is 10.2 Å². The van der Waals surface area contributed by atoms with E-state index in [1.54, 1.807) is 13.1 Å². The molecule has 0 bridgehead atoms. The van der Waals surface area contributed by atoms with Gasteiger partial charge >= 0.3 is 0 Å². The molecule has 0 aromatic carbocycles. The summed E-state index contributed by atoms with van der Waals surface area (Å²) in [6.45, 7) is 4.49. The van der Waals surface area contributed by atoms with E-state index in [4.69, 9.17) is 0 Å². The maximum absolute atomic E-state index is 10.0. The van der Waals surface area contributed by atoms with Crippen molar-refractivity contribution in [2.24, 2.45) is 0 Å². The molecule has 0 aliphatic carbocycles. The number of aromatic hydroxyl groups is 1. The number of aryl methyl sites for hydroxylation is 1. The number of pyridine rings is 1. The number of aliphatic hydroxyl groups is 1. The van der Waals surface area contributed by atoms with Gasteiger partial charge in [-0.05, 0) is 6.92 Å². The summed E-state index contributed by atoms with van der Waals surface area (Å²) in [5.74, 6) is 2.51. The molecule has 1 aromatic heterocycles. The first-order chi connectivity index (χ1) is 8.22. The lowest BCUT2D eigenvalue weighted by Gasteiger charge is -2.27. The Morgan fingerprint density at radius 1 is 1.41 bits per heavy atom. The molecule has 1 aliphatic heterocycles. The number of hydrogen-bond donors (Lipinski definition) is 2. The number of thioether (sulfide) groups is 1. The van der Waals surface area contributed by atoms with Crippen LogP contribution in [0.4, 0.5) is 0 Å². The smallest absolute Gasteiger partial charge is 0.141 e. The lowest BCUT2D eigenvalue weighted by Crippen LogP contribution is -2.32. The zero-order valence-corrected chi connectivity index (χ0v) is 10.8. The van der Waals surface area contributed by atoms with Gasteiger partial charge in [-0.3, -0.25) is 9.88 Å². The van der Waals surface area contributed by atoms with Crippen molar-refractivity contribution in [2.45, 2.75) is 20.1 Å². The van der Waals surface area contributed by atoms with Crippen LogP contribution in [-0.2, 0) is 13.2 Å². The minimum Gasteiger partial charge on any atom is -0.506 e. The Hall–Kier alpha value is -0.780. The summed E-state index contributed by atoms with van der Waals surface area (Å²) in [4.78, 5) is 6.38. The molecule has 0 amide bonds. The van der Waals surface area contributed by atoms with E-state index in [2.05, 4.69) is 9.88 Å². The predicted molar refractivity (Wildman–Crippen MR) is 69.2 cm³/mol. The third kappa shape index (κ3) is 2.91. The summed E-state index contributed by atoms with van der Waals surface area (Å²) >= 11 is 1.96. The molecule has 2 rings (SSSR count). The molecule has 0 radical (unpaired) electrons. The standard InChI is InChI=1S/C12H18N2O2S/c1-9-12(16)11(10(8-15)6-13-9)7-14-2-4-17-5-3-14/h6,15-16H,2-5,7-8H2,1H3. The first-order valence-corrected chi connectivity index (χ1v) is 6.95. The van der Waals surface area contributed by atoms with Crippen molar-refractivity contribution in [1.29, 1.82) is 0 Å². The van der Waals surface area contributed by atoms with Crippen molar-refractivity contribution in [3.63, 3.8) is 0 Å². The first kappa shape index (κ1) is 12.7. The SMILES string of the molecule is Cc1ncc(CO)c(CN2CCSCC2)c1O. The Kier molecular flexibility index (Phi) is 4.25. The Morgan fingerprint density at radius 3 is 2.76 bits per heavy atom. The number of aromatic nitrogens is 1. The van der Waals surface area contributed by atoms with Gasteiger partial charge in [-0.15, -0.1) is 0 Å². The molecule has 0 atom stereocenters. The van der Waals surface area contributed by atoms with E-state index in [1.165, 1.54) is 0 Å². The zero-order valence-electron chi connectivity index (χ0n) is 10.0. The summed E-state index contributed by atoms with van der Waals surface area (Å²) in [5, 5.41) is 19.3. The van der Waals surface area contributed by atoms with Crippen LogP contribution in [0, 0.1) is 6.92 Å². The van der Waals surface area contributed by atoms with Crippen LogP contribution in [0.2, 0.25) is 0 Å². The van der Waals surface area contributed by atoms with Gasteiger partial charge in [0.25, 0.3) is 0 Å². The van der Waals surface area contributed by atoms with E-state index in [-0.39, 0.29) is 12.4 Å². The Morgan fingerprint density at radius 2 is 2.12 bits per heavy atom. The van der Waals surface area contributed by atoms with Gasteiger partial charge in [0, 0.05) is 48.5 Å². The van der Waals surface area contributed by atoms with Gasteiger partial charge in [0.1, 0.15) is 5.75 Å². The van der Waals surface area contributed by atoms with Gasteiger partial charge in [0.15, 0.2) is 0 Å². The van der Waals surface area contributed by atoms with Crippen LogP contribution in [0.3, 0.4) is 0 Å². The van der Waals surface area contributed by atoms with Gasteiger partial charge in [0.2, 0.25) is 0 Å². The summed E-state index contributed by atoms with van der Waals surface area (Å²) < 4.78 is 0. The average Bonchev–Trinajstić information content (AvgIpc) is 2.37. The van der Waals surface area contributed by atoms with E-state index in [9.17, 15) is 10.2 Å². The van der Waals surface area contributed by atoms with E-state index >= 15 is 0 Å². The molecule has 1 aromatic rings. The van der Waals surface area contributed by atoms with E-state index in [1.807, 2.05) is 11.8 Å². The molecule has 17 heavy (non-hydrogen) atoms. The van der Waals surface area contributed by atoms with Crippen LogP contribution >= 0.6 is 11.8 Å². The minimum atomic E-state index is -0.0707. The molecule has 2 heterocycles. The van der Waals surface area contributed by atoms with Gasteiger partial charge in [0.05, 0.1) is 12.3 Å². The molecule has 0 saturated carbocycles. The topological polar surface area (TPSA) is 56.6 Å². The average molecular weight is 254 g/mol. The number of hydrogen-bond acceptors (Lipinski definition) is 5. The lowest BCUT2D eigenvalue weighted by atomic mass is 10.1. The Labute approximate surface area is 106 Å². The molecule has 2 N–H and O–H groups in total. The van der Waals surface area contributed by atoms with E-state index < -0.39 is 0 Å². The van der Waals surface area contributed by atoms with E-state index in [0.717, 1.165) is 35.7 Å². The fourth-order valence-electron chi connectivity index (χ4n) is 1.98. The molecule has 1 aliphatic rings. The van der Waals surface area contributed by atoms with Crippen molar-refractivity contribution in [1.82, 2.24) is 9.88 Å². The van der Waals surface area contributed by atoms with Crippen LogP contribution in [0.15, 0.2) is 6.20 Å². The summed E-state index contributed by atoms with van der Waals surface area (Å²) in [6, 6.07) is 0. The number of aliphatic hydroxyl groups excluding tert-OH is 1. The molecule has 94 valence electrons. The van der Waals surface area contributed by atoms with Crippen LogP contribution in [-0.4, -0.2) is 44.7 Å². The lowest BCUT2D eigenvalue weighted by molar-refractivity contribution is 0.264. The monoisotopic (exact) mass is 254 g/mol. The third-order valence-electron chi connectivity index (χ3n) is 3.09. The second-order valence-corrected chi connectivity index (χ2v) is 5.47. The number of nitrogens with zero attached hydrogens (tertiary/aromatic N) is 2. The normalized spacial score (nSPS) is 17.3. The Bertz CT molecular complexity index is 392. The van der Waals surface area contributed by atoms with Crippen LogP contribution < -0.4 is 0 Å². The minimum absolute atomic E-state index is 0.0707. The highest BCUT2D eigenvalue weighted by Gasteiger charge is 2.16. The second kappa shape index (κ2) is 5.71.